The van der Waals surface area contributed by atoms with Crippen molar-refractivity contribution in [3.05, 3.63) is 29.8 Å². The van der Waals surface area contributed by atoms with Gasteiger partial charge in [-0.2, -0.15) is 0 Å². The number of phenolic OH excluding ortho intramolecular Hbond substituents is 1. The van der Waals surface area contributed by atoms with Crippen molar-refractivity contribution in [3.63, 3.8) is 0 Å². The van der Waals surface area contributed by atoms with Crippen LogP contribution in [0.3, 0.4) is 0 Å². The molecular weight excluding hydrogens is 256 g/mol. The van der Waals surface area contributed by atoms with Crippen LogP contribution in [-0.2, 0) is 11.2 Å². The molecule has 0 fully saturated rings. The Morgan fingerprint density at radius 2 is 1.90 bits per heavy atom. The Bertz CT molecular complexity index is 418. The molecule has 1 aromatic carbocycles. The Labute approximate surface area is 120 Å². The van der Waals surface area contributed by atoms with Crippen molar-refractivity contribution in [1.82, 2.24) is 4.90 Å². The van der Waals surface area contributed by atoms with Gasteiger partial charge in [0.1, 0.15) is 5.75 Å². The number of carbonyl (C=O) groups is 1. The van der Waals surface area contributed by atoms with E-state index in [-0.39, 0.29) is 24.3 Å². The maximum absolute atomic E-state index is 12.3. The van der Waals surface area contributed by atoms with Gasteiger partial charge in [-0.05, 0) is 44.4 Å². The average Bonchev–Trinajstić information content (AvgIpc) is 2.41. The SMILES string of the molecule is CC(C)N(CCCO)C(=O)[C@H](N)Cc1ccc(O)cc1. The summed E-state index contributed by atoms with van der Waals surface area (Å²) in [6, 6.07) is 6.13. The summed E-state index contributed by atoms with van der Waals surface area (Å²) in [5.41, 5.74) is 6.89. The number of aromatic hydroxyl groups is 1. The minimum atomic E-state index is -0.611. The topological polar surface area (TPSA) is 86.8 Å². The number of carbonyl (C=O) groups excluding carboxylic acids is 1. The summed E-state index contributed by atoms with van der Waals surface area (Å²) in [7, 11) is 0. The van der Waals surface area contributed by atoms with Crippen LogP contribution in [0.25, 0.3) is 0 Å². The van der Waals surface area contributed by atoms with Crippen molar-refractivity contribution in [2.75, 3.05) is 13.2 Å². The van der Waals surface area contributed by atoms with Crippen LogP contribution in [0.2, 0.25) is 0 Å². The first-order valence-electron chi connectivity index (χ1n) is 6.90. The molecule has 0 saturated carbocycles. The van der Waals surface area contributed by atoms with Crippen LogP contribution >= 0.6 is 0 Å². The largest absolute Gasteiger partial charge is 0.508 e. The highest BCUT2D eigenvalue weighted by Gasteiger charge is 2.23. The molecule has 0 bridgehead atoms. The maximum atomic E-state index is 12.3. The number of amides is 1. The fourth-order valence-electron chi connectivity index (χ4n) is 2.05. The first-order chi connectivity index (χ1) is 9.45. The van der Waals surface area contributed by atoms with Crippen LogP contribution in [0.15, 0.2) is 24.3 Å². The van der Waals surface area contributed by atoms with E-state index in [0.717, 1.165) is 5.56 Å². The van der Waals surface area contributed by atoms with Crippen molar-refractivity contribution in [2.45, 2.75) is 38.8 Å². The minimum absolute atomic E-state index is 0.0555. The number of aliphatic hydroxyl groups excluding tert-OH is 1. The summed E-state index contributed by atoms with van der Waals surface area (Å²) >= 11 is 0. The number of aliphatic hydroxyl groups is 1. The fourth-order valence-corrected chi connectivity index (χ4v) is 2.05. The van der Waals surface area contributed by atoms with E-state index in [1.54, 1.807) is 29.2 Å². The number of hydrogen-bond donors (Lipinski definition) is 3. The Morgan fingerprint density at radius 3 is 2.40 bits per heavy atom. The molecule has 0 spiro atoms. The van der Waals surface area contributed by atoms with Crippen molar-refractivity contribution in [2.24, 2.45) is 5.73 Å². The lowest BCUT2D eigenvalue weighted by Crippen LogP contribution is -2.48. The van der Waals surface area contributed by atoms with Crippen LogP contribution in [-0.4, -0.2) is 46.3 Å². The third-order valence-electron chi connectivity index (χ3n) is 3.17. The van der Waals surface area contributed by atoms with Gasteiger partial charge in [-0.15, -0.1) is 0 Å². The van der Waals surface area contributed by atoms with Gasteiger partial charge < -0.3 is 20.8 Å². The molecule has 0 heterocycles. The van der Waals surface area contributed by atoms with Crippen LogP contribution in [0, 0.1) is 0 Å². The second-order valence-electron chi connectivity index (χ2n) is 5.18. The average molecular weight is 280 g/mol. The predicted molar refractivity (Wildman–Crippen MR) is 78.3 cm³/mol. The zero-order chi connectivity index (χ0) is 15.1. The lowest BCUT2D eigenvalue weighted by molar-refractivity contribution is -0.134. The smallest absolute Gasteiger partial charge is 0.240 e. The number of hydrogen-bond acceptors (Lipinski definition) is 4. The summed E-state index contributed by atoms with van der Waals surface area (Å²) in [6.45, 7) is 4.44. The van der Waals surface area contributed by atoms with E-state index in [2.05, 4.69) is 0 Å². The summed E-state index contributed by atoms with van der Waals surface area (Å²) in [5, 5.41) is 18.1. The Balaban J connectivity index is 2.66. The van der Waals surface area contributed by atoms with Crippen molar-refractivity contribution < 1.29 is 15.0 Å². The number of nitrogens with two attached hydrogens (primary N) is 1. The van der Waals surface area contributed by atoms with E-state index in [1.165, 1.54) is 0 Å². The number of rotatable bonds is 7. The van der Waals surface area contributed by atoms with E-state index in [9.17, 15) is 9.90 Å². The third kappa shape index (κ3) is 4.83. The minimum Gasteiger partial charge on any atom is -0.508 e. The van der Waals surface area contributed by atoms with Gasteiger partial charge in [0.05, 0.1) is 6.04 Å². The Kier molecular flexibility index (Phi) is 6.48. The number of phenols is 1. The summed E-state index contributed by atoms with van der Waals surface area (Å²) in [5.74, 6) is 0.0851. The monoisotopic (exact) mass is 280 g/mol. The van der Waals surface area contributed by atoms with E-state index >= 15 is 0 Å². The van der Waals surface area contributed by atoms with Gasteiger partial charge >= 0.3 is 0 Å². The molecule has 0 aliphatic carbocycles. The lowest BCUT2D eigenvalue weighted by atomic mass is 10.0. The zero-order valence-corrected chi connectivity index (χ0v) is 12.1. The number of benzene rings is 1. The van der Waals surface area contributed by atoms with Gasteiger partial charge in [-0.1, -0.05) is 12.1 Å². The zero-order valence-electron chi connectivity index (χ0n) is 12.1. The molecule has 0 unspecified atom stereocenters. The highest BCUT2D eigenvalue weighted by atomic mass is 16.3. The third-order valence-corrected chi connectivity index (χ3v) is 3.17. The Hall–Kier alpha value is -1.59. The molecule has 0 aliphatic heterocycles. The van der Waals surface area contributed by atoms with Gasteiger partial charge in [0.15, 0.2) is 0 Å². The first kappa shape index (κ1) is 16.5. The van der Waals surface area contributed by atoms with Crippen LogP contribution in [0.1, 0.15) is 25.8 Å². The molecule has 4 N–H and O–H groups in total. The highest BCUT2D eigenvalue weighted by Crippen LogP contribution is 2.12. The first-order valence-corrected chi connectivity index (χ1v) is 6.90. The quantitative estimate of drug-likeness (QED) is 0.692. The molecule has 1 aromatic rings. The van der Waals surface area contributed by atoms with E-state index < -0.39 is 6.04 Å². The van der Waals surface area contributed by atoms with Crippen LogP contribution < -0.4 is 5.73 Å². The second kappa shape index (κ2) is 7.87. The second-order valence-corrected chi connectivity index (χ2v) is 5.18. The summed E-state index contributed by atoms with van der Waals surface area (Å²) in [4.78, 5) is 14.0. The summed E-state index contributed by atoms with van der Waals surface area (Å²) in [6.07, 6.45) is 0.983. The molecule has 20 heavy (non-hydrogen) atoms. The highest BCUT2D eigenvalue weighted by molar-refractivity contribution is 5.82. The van der Waals surface area contributed by atoms with Crippen molar-refractivity contribution in [3.8, 4) is 5.75 Å². The van der Waals surface area contributed by atoms with Gasteiger partial charge in [0.25, 0.3) is 0 Å². The molecule has 1 atom stereocenters. The molecule has 5 heteroatoms. The molecule has 1 amide bonds. The van der Waals surface area contributed by atoms with Gasteiger partial charge in [-0.25, -0.2) is 0 Å². The molecule has 0 radical (unpaired) electrons. The van der Waals surface area contributed by atoms with E-state index in [4.69, 9.17) is 10.8 Å². The molecule has 5 nitrogen and oxygen atoms in total. The van der Waals surface area contributed by atoms with Gasteiger partial charge in [0.2, 0.25) is 5.91 Å². The molecule has 0 aliphatic rings. The van der Waals surface area contributed by atoms with Crippen LogP contribution in [0.5, 0.6) is 5.75 Å². The van der Waals surface area contributed by atoms with E-state index in [0.29, 0.717) is 19.4 Å². The summed E-state index contributed by atoms with van der Waals surface area (Å²) < 4.78 is 0. The molecule has 112 valence electrons. The molecular formula is C15H24N2O3. The van der Waals surface area contributed by atoms with Gasteiger partial charge in [-0.3, -0.25) is 4.79 Å². The maximum Gasteiger partial charge on any atom is 0.240 e. The lowest BCUT2D eigenvalue weighted by Gasteiger charge is -2.29. The van der Waals surface area contributed by atoms with E-state index in [1.807, 2.05) is 13.8 Å². The standard InChI is InChI=1S/C15H24N2O3/c1-11(2)17(8-3-9-18)15(20)14(16)10-12-4-6-13(19)7-5-12/h4-7,11,14,18-19H,3,8-10,16H2,1-2H3/t14-/m1/s1. The normalized spacial score (nSPS) is 12.4. The van der Waals surface area contributed by atoms with Crippen LogP contribution in [0.4, 0.5) is 0 Å². The van der Waals surface area contributed by atoms with Crippen molar-refractivity contribution >= 4 is 5.91 Å². The Morgan fingerprint density at radius 1 is 1.30 bits per heavy atom. The fraction of sp³-hybridized carbons (Fsp3) is 0.533. The van der Waals surface area contributed by atoms with Gasteiger partial charge in [0, 0.05) is 19.2 Å². The predicted octanol–water partition coefficient (Wildman–Crippen LogP) is 0.881. The van der Waals surface area contributed by atoms with Crippen molar-refractivity contribution in [1.29, 1.82) is 0 Å². The molecule has 1 rings (SSSR count). The number of nitrogens with zero attached hydrogens (tertiary/aromatic N) is 1. The molecule has 0 saturated heterocycles. The molecule has 0 aromatic heterocycles.